The van der Waals surface area contributed by atoms with E-state index in [0.29, 0.717) is 30.5 Å². The van der Waals surface area contributed by atoms with Crippen LogP contribution in [0.1, 0.15) is 34.8 Å². The van der Waals surface area contributed by atoms with Crippen LogP contribution in [0.2, 0.25) is 0 Å². The summed E-state index contributed by atoms with van der Waals surface area (Å²) in [5, 5.41) is 4.02. The van der Waals surface area contributed by atoms with Crippen molar-refractivity contribution in [1.29, 1.82) is 0 Å². The second-order valence-corrected chi connectivity index (χ2v) is 8.76. The summed E-state index contributed by atoms with van der Waals surface area (Å²) in [7, 11) is 4.15. The Morgan fingerprint density at radius 3 is 2.72 bits per heavy atom. The van der Waals surface area contributed by atoms with Crippen molar-refractivity contribution >= 4 is 23.7 Å². The van der Waals surface area contributed by atoms with Gasteiger partial charge >= 0.3 is 0 Å². The minimum Gasteiger partial charge on any atom is -0.339 e. The average molecular weight is 431 g/mol. The summed E-state index contributed by atoms with van der Waals surface area (Å²) < 4.78 is 5.36. The van der Waals surface area contributed by atoms with Gasteiger partial charge in [-0.2, -0.15) is 4.98 Å². The van der Waals surface area contributed by atoms with Gasteiger partial charge in [0.05, 0.1) is 0 Å². The molecule has 0 saturated carbocycles. The Balaban J connectivity index is 1.38. The average Bonchev–Trinajstić information content (AvgIpc) is 3.24. The molecule has 2 aromatic carbocycles. The molecule has 1 aliphatic rings. The Bertz CT molecular complexity index is 1090. The number of amides is 1. The maximum atomic E-state index is 13.1. The van der Waals surface area contributed by atoms with Gasteiger partial charge in [0.25, 0.3) is 0 Å². The maximum Gasteiger partial charge on any atom is 0.227 e. The molecule has 6 nitrogen and oxygen atoms in total. The topological polar surface area (TPSA) is 62.5 Å². The molecule has 4 rings (SSSR count). The van der Waals surface area contributed by atoms with Gasteiger partial charge in [-0.3, -0.25) is 4.79 Å². The van der Waals surface area contributed by atoms with Crippen LogP contribution in [0.15, 0.2) is 53.1 Å². The van der Waals surface area contributed by atoms with Crippen LogP contribution in [0.3, 0.4) is 0 Å². The van der Waals surface area contributed by atoms with E-state index in [9.17, 15) is 4.79 Å². The molecule has 1 unspecified atom stereocenters. The number of aromatic nitrogens is 2. The van der Waals surface area contributed by atoms with Crippen LogP contribution in [-0.2, 0) is 17.6 Å². The first-order valence-electron chi connectivity index (χ1n) is 11.1. The zero-order chi connectivity index (χ0) is 22.5. The van der Waals surface area contributed by atoms with Crippen molar-refractivity contribution in [1.82, 2.24) is 15.0 Å². The van der Waals surface area contributed by atoms with Crippen LogP contribution < -0.4 is 4.90 Å². The number of hydrogen-bond acceptors (Lipinski definition) is 5. The third kappa shape index (κ3) is 5.51. The molecule has 0 fully saturated rings. The number of fused-ring (bicyclic) bond motifs is 1. The molecule has 0 radical (unpaired) electrons. The fourth-order valence-electron chi connectivity index (χ4n) is 4.19. The second-order valence-electron chi connectivity index (χ2n) is 8.76. The molecular formula is C26H30N4O2. The second kappa shape index (κ2) is 9.92. The van der Waals surface area contributed by atoms with E-state index < -0.39 is 0 Å². The molecule has 1 amide bonds. The van der Waals surface area contributed by atoms with Crippen LogP contribution in [-0.4, -0.2) is 48.1 Å². The smallest absolute Gasteiger partial charge is 0.227 e. The van der Waals surface area contributed by atoms with Crippen molar-refractivity contribution in [3.63, 3.8) is 0 Å². The fourth-order valence-corrected chi connectivity index (χ4v) is 4.19. The van der Waals surface area contributed by atoms with Crippen LogP contribution in [0, 0.1) is 12.8 Å². The summed E-state index contributed by atoms with van der Waals surface area (Å²) in [5.74, 6) is 1.51. The highest BCUT2D eigenvalue weighted by Crippen LogP contribution is 2.30. The van der Waals surface area contributed by atoms with Crippen molar-refractivity contribution in [2.24, 2.45) is 5.92 Å². The number of nitrogens with zero attached hydrogens (tertiary/aromatic N) is 4. The highest BCUT2D eigenvalue weighted by molar-refractivity contribution is 5.94. The lowest BCUT2D eigenvalue weighted by Gasteiger charge is -2.35. The minimum atomic E-state index is 0.0934. The Morgan fingerprint density at radius 1 is 1.16 bits per heavy atom. The van der Waals surface area contributed by atoms with E-state index in [0.717, 1.165) is 30.8 Å². The van der Waals surface area contributed by atoms with Gasteiger partial charge in [-0.15, -0.1) is 0 Å². The van der Waals surface area contributed by atoms with E-state index in [-0.39, 0.29) is 5.91 Å². The summed E-state index contributed by atoms with van der Waals surface area (Å²) in [6, 6.07) is 16.4. The van der Waals surface area contributed by atoms with Crippen LogP contribution in [0.25, 0.3) is 12.2 Å². The molecule has 1 aromatic heterocycles. The molecule has 0 spiro atoms. The summed E-state index contributed by atoms with van der Waals surface area (Å²) in [5.41, 5.74) is 4.56. The van der Waals surface area contributed by atoms with Crippen molar-refractivity contribution < 1.29 is 9.32 Å². The Kier molecular flexibility index (Phi) is 6.81. The number of carbonyl (C=O) groups is 1. The highest BCUT2D eigenvalue weighted by Gasteiger charge is 2.28. The normalized spacial score (nSPS) is 16.0. The minimum absolute atomic E-state index is 0.0934. The van der Waals surface area contributed by atoms with E-state index in [2.05, 4.69) is 54.3 Å². The van der Waals surface area contributed by atoms with E-state index in [1.54, 1.807) is 0 Å². The van der Waals surface area contributed by atoms with Gasteiger partial charge in [-0.1, -0.05) is 59.3 Å². The van der Waals surface area contributed by atoms with Gasteiger partial charge in [0, 0.05) is 31.6 Å². The van der Waals surface area contributed by atoms with E-state index in [1.807, 2.05) is 47.4 Å². The van der Waals surface area contributed by atoms with E-state index >= 15 is 0 Å². The largest absolute Gasteiger partial charge is 0.339 e. The molecule has 1 atom stereocenters. The number of para-hydroxylation sites is 1. The molecule has 0 N–H and O–H groups in total. The zero-order valence-corrected chi connectivity index (χ0v) is 19.0. The van der Waals surface area contributed by atoms with Gasteiger partial charge in [-0.25, -0.2) is 0 Å². The molecule has 0 bridgehead atoms. The van der Waals surface area contributed by atoms with E-state index in [1.165, 1.54) is 11.1 Å². The van der Waals surface area contributed by atoms with Crippen molar-refractivity contribution in [3.8, 4) is 0 Å². The summed E-state index contributed by atoms with van der Waals surface area (Å²) in [4.78, 5) is 21.7. The molecule has 166 valence electrons. The van der Waals surface area contributed by atoms with Gasteiger partial charge in [0.2, 0.25) is 11.8 Å². The predicted molar refractivity (Wildman–Crippen MR) is 127 cm³/mol. The summed E-state index contributed by atoms with van der Waals surface area (Å²) in [6.45, 7) is 3.76. The monoisotopic (exact) mass is 430 g/mol. The number of carbonyl (C=O) groups excluding carboxylic acids is 1. The quantitative estimate of drug-likeness (QED) is 0.561. The number of rotatable bonds is 7. The predicted octanol–water partition coefficient (Wildman–Crippen LogP) is 4.25. The third-order valence-electron chi connectivity index (χ3n) is 5.69. The standard InChI is InChI=1S/C26H30N4O2/c1-19-8-10-20(11-9-19)12-13-24-27-25(32-28-24)14-15-26(31)30-18-21(17-29(2)3)16-22-6-4-5-7-23(22)30/h4-13,21H,14-18H2,1-3H3/b13-12+. The lowest BCUT2D eigenvalue weighted by molar-refractivity contribution is -0.118. The summed E-state index contributed by atoms with van der Waals surface area (Å²) >= 11 is 0. The van der Waals surface area contributed by atoms with Crippen molar-refractivity contribution in [2.75, 3.05) is 32.1 Å². The van der Waals surface area contributed by atoms with Crippen LogP contribution >= 0.6 is 0 Å². The van der Waals surface area contributed by atoms with Gasteiger partial charge in [-0.05, 0) is 56.6 Å². The first-order chi connectivity index (χ1) is 15.5. The molecule has 6 heteroatoms. The first kappa shape index (κ1) is 22.0. The molecule has 2 heterocycles. The van der Waals surface area contributed by atoms with Crippen LogP contribution in [0.5, 0.6) is 0 Å². The SMILES string of the molecule is Cc1ccc(/C=C/c2noc(CCC(=O)N3CC(CN(C)C)Cc4ccccc43)n2)cc1. The molecule has 32 heavy (non-hydrogen) atoms. The third-order valence-corrected chi connectivity index (χ3v) is 5.69. The molecule has 0 saturated heterocycles. The molecule has 0 aliphatic carbocycles. The maximum absolute atomic E-state index is 13.1. The Labute approximate surface area is 189 Å². The highest BCUT2D eigenvalue weighted by atomic mass is 16.5. The molecule has 1 aliphatic heterocycles. The number of anilines is 1. The zero-order valence-electron chi connectivity index (χ0n) is 19.0. The Hall–Kier alpha value is -3.25. The van der Waals surface area contributed by atoms with Crippen LogP contribution in [0.4, 0.5) is 5.69 Å². The number of aryl methyl sites for hydroxylation is 2. The number of benzene rings is 2. The summed E-state index contributed by atoms with van der Waals surface area (Å²) in [6.07, 6.45) is 5.55. The lowest BCUT2D eigenvalue weighted by Crippen LogP contribution is -2.43. The lowest BCUT2D eigenvalue weighted by atomic mass is 9.91. The van der Waals surface area contributed by atoms with Crippen molar-refractivity contribution in [3.05, 3.63) is 76.9 Å². The molecular weight excluding hydrogens is 400 g/mol. The van der Waals surface area contributed by atoms with Gasteiger partial charge in [0.15, 0.2) is 5.82 Å². The van der Waals surface area contributed by atoms with E-state index in [4.69, 9.17) is 4.52 Å². The van der Waals surface area contributed by atoms with Crippen molar-refractivity contribution in [2.45, 2.75) is 26.2 Å². The number of hydrogen-bond donors (Lipinski definition) is 0. The molecule has 3 aromatic rings. The Morgan fingerprint density at radius 2 is 1.94 bits per heavy atom. The van der Waals surface area contributed by atoms with Gasteiger partial charge < -0.3 is 14.3 Å². The first-order valence-corrected chi connectivity index (χ1v) is 11.1. The van der Waals surface area contributed by atoms with Gasteiger partial charge in [0.1, 0.15) is 0 Å². The fraction of sp³-hybridized carbons (Fsp3) is 0.346.